The standard InChI is InChI=1S/C26H38O5/c1-15(5-8-23(29)30)21-14-22(28)24-19-7-6-17-13-18(31-16(2)27)9-11-25(17,3)20(19)10-12-26(21,24)4/h15,17-18,20-21H,5-14H2,1-4H3,(H,29,30)/t15-,17+,18+,20+,21-,25+,26-/m1/s1. The largest absolute Gasteiger partial charge is 0.481 e. The Hall–Kier alpha value is -1.65. The average Bonchev–Trinajstić information content (AvgIpc) is 2.97. The minimum absolute atomic E-state index is 0.0474. The number of carboxylic acids is 1. The molecule has 0 unspecified atom stereocenters. The van der Waals surface area contributed by atoms with E-state index in [0.717, 1.165) is 50.5 Å². The van der Waals surface area contributed by atoms with Crippen molar-refractivity contribution in [2.75, 3.05) is 0 Å². The smallest absolute Gasteiger partial charge is 0.303 e. The van der Waals surface area contributed by atoms with Crippen LogP contribution in [0.15, 0.2) is 11.1 Å². The van der Waals surface area contributed by atoms with Gasteiger partial charge in [0.2, 0.25) is 0 Å². The molecule has 4 rings (SSSR count). The molecule has 0 radical (unpaired) electrons. The first-order valence-corrected chi connectivity index (χ1v) is 12.2. The lowest BCUT2D eigenvalue weighted by Gasteiger charge is -2.56. The Morgan fingerprint density at radius 1 is 1.19 bits per heavy atom. The van der Waals surface area contributed by atoms with Crippen LogP contribution in [-0.4, -0.2) is 28.9 Å². The van der Waals surface area contributed by atoms with Crippen molar-refractivity contribution < 1.29 is 24.2 Å². The van der Waals surface area contributed by atoms with Gasteiger partial charge in [0.25, 0.3) is 0 Å². The number of allylic oxidation sites excluding steroid dienone is 2. The van der Waals surface area contributed by atoms with Crippen LogP contribution in [0.1, 0.15) is 91.9 Å². The summed E-state index contributed by atoms with van der Waals surface area (Å²) in [5.41, 5.74) is 2.64. The van der Waals surface area contributed by atoms with Crippen LogP contribution >= 0.6 is 0 Å². The zero-order chi connectivity index (χ0) is 22.6. The summed E-state index contributed by atoms with van der Waals surface area (Å²) >= 11 is 0. The number of carboxylic acid groups (broad SMARTS) is 1. The summed E-state index contributed by atoms with van der Waals surface area (Å²) in [5, 5.41) is 9.11. The predicted octanol–water partition coefficient (Wildman–Crippen LogP) is 5.32. The quantitative estimate of drug-likeness (QED) is 0.597. The second-order valence-corrected chi connectivity index (χ2v) is 11.3. The van der Waals surface area contributed by atoms with Gasteiger partial charge in [-0.05, 0) is 85.9 Å². The fourth-order valence-corrected chi connectivity index (χ4v) is 8.05. The van der Waals surface area contributed by atoms with E-state index in [-0.39, 0.29) is 41.2 Å². The molecule has 0 aromatic heterocycles. The molecule has 0 saturated heterocycles. The Morgan fingerprint density at radius 3 is 2.61 bits per heavy atom. The Bertz CT molecular complexity index is 813. The number of carbonyl (C=O) groups excluding carboxylic acids is 2. The second kappa shape index (κ2) is 8.04. The molecule has 1 N–H and O–H groups in total. The molecule has 7 atom stereocenters. The normalized spacial score (nSPS) is 40.6. The molecule has 0 heterocycles. The molecule has 5 nitrogen and oxygen atoms in total. The van der Waals surface area contributed by atoms with Gasteiger partial charge >= 0.3 is 11.9 Å². The Morgan fingerprint density at radius 2 is 1.94 bits per heavy atom. The summed E-state index contributed by atoms with van der Waals surface area (Å²) in [6.07, 6.45) is 8.60. The van der Waals surface area contributed by atoms with Crippen molar-refractivity contribution in [3.05, 3.63) is 11.1 Å². The van der Waals surface area contributed by atoms with E-state index in [1.165, 1.54) is 12.5 Å². The second-order valence-electron chi connectivity index (χ2n) is 11.3. The number of ketones is 1. The van der Waals surface area contributed by atoms with Crippen molar-refractivity contribution in [1.82, 2.24) is 0 Å². The maximum Gasteiger partial charge on any atom is 0.303 e. The Kier molecular flexibility index (Phi) is 5.85. The molecule has 0 bridgehead atoms. The van der Waals surface area contributed by atoms with E-state index in [9.17, 15) is 14.4 Å². The number of ether oxygens (including phenoxy) is 1. The lowest BCUT2D eigenvalue weighted by Crippen LogP contribution is -2.49. The number of hydrogen-bond acceptors (Lipinski definition) is 4. The van der Waals surface area contributed by atoms with Crippen molar-refractivity contribution in [3.63, 3.8) is 0 Å². The van der Waals surface area contributed by atoms with Gasteiger partial charge in [-0.25, -0.2) is 0 Å². The number of esters is 1. The molecule has 4 aliphatic rings. The van der Waals surface area contributed by atoms with Crippen LogP contribution in [0.5, 0.6) is 0 Å². The SMILES string of the molecule is CC(=O)O[C@H]1CC[C@@]2(C)[C@@H](CCC3=C4C(=O)C[C@H]([C@H](C)CCC(=O)O)[C@@]4(C)CC[C@@H]32)C1. The van der Waals surface area contributed by atoms with Gasteiger partial charge in [0.15, 0.2) is 5.78 Å². The molecule has 0 aromatic carbocycles. The molecule has 0 spiro atoms. The van der Waals surface area contributed by atoms with Gasteiger partial charge in [-0.3, -0.25) is 14.4 Å². The van der Waals surface area contributed by atoms with Crippen molar-refractivity contribution in [3.8, 4) is 0 Å². The molecule has 0 aromatic rings. The third-order valence-electron chi connectivity index (χ3n) is 9.64. The minimum Gasteiger partial charge on any atom is -0.481 e. The van der Waals surface area contributed by atoms with Gasteiger partial charge < -0.3 is 9.84 Å². The fraction of sp³-hybridized carbons (Fsp3) is 0.808. The lowest BCUT2D eigenvalue weighted by atomic mass is 9.48. The Labute approximate surface area is 186 Å². The molecule has 5 heteroatoms. The van der Waals surface area contributed by atoms with Crippen LogP contribution in [0, 0.1) is 34.5 Å². The summed E-state index contributed by atoms with van der Waals surface area (Å²) in [4.78, 5) is 35.9. The summed E-state index contributed by atoms with van der Waals surface area (Å²) in [7, 11) is 0. The number of fused-ring (bicyclic) bond motifs is 4. The van der Waals surface area contributed by atoms with E-state index in [0.29, 0.717) is 30.5 Å². The lowest BCUT2D eigenvalue weighted by molar-refractivity contribution is -0.152. The third-order valence-corrected chi connectivity index (χ3v) is 9.64. The summed E-state index contributed by atoms with van der Waals surface area (Å²) in [5.74, 6) is 0.902. The van der Waals surface area contributed by atoms with E-state index in [2.05, 4.69) is 20.8 Å². The van der Waals surface area contributed by atoms with E-state index in [1.807, 2.05) is 0 Å². The number of carbonyl (C=O) groups is 3. The summed E-state index contributed by atoms with van der Waals surface area (Å²) < 4.78 is 5.56. The molecule has 0 amide bonds. The number of aliphatic carboxylic acids is 1. The molecule has 0 aliphatic heterocycles. The van der Waals surface area contributed by atoms with Crippen LogP contribution in [0.2, 0.25) is 0 Å². The molecule has 3 fully saturated rings. The maximum absolute atomic E-state index is 13.3. The molecule has 172 valence electrons. The van der Waals surface area contributed by atoms with Crippen molar-refractivity contribution in [2.45, 2.75) is 98.0 Å². The van der Waals surface area contributed by atoms with Gasteiger partial charge in [-0.1, -0.05) is 26.3 Å². The van der Waals surface area contributed by atoms with Gasteiger partial charge in [0, 0.05) is 25.3 Å². The van der Waals surface area contributed by atoms with Gasteiger partial charge in [-0.2, -0.15) is 0 Å². The van der Waals surface area contributed by atoms with Crippen LogP contribution in [0.25, 0.3) is 0 Å². The zero-order valence-electron chi connectivity index (χ0n) is 19.5. The monoisotopic (exact) mass is 430 g/mol. The average molecular weight is 431 g/mol. The number of rotatable bonds is 5. The highest BCUT2D eigenvalue weighted by Gasteiger charge is 2.58. The predicted molar refractivity (Wildman–Crippen MR) is 117 cm³/mol. The third kappa shape index (κ3) is 3.76. The number of Topliss-reactive ketones (excluding diaryl/α,β-unsaturated/α-hetero) is 1. The first-order chi connectivity index (χ1) is 14.6. The molecule has 4 aliphatic carbocycles. The fourth-order valence-electron chi connectivity index (χ4n) is 8.05. The Balaban J connectivity index is 1.59. The van der Waals surface area contributed by atoms with Crippen LogP contribution in [0.3, 0.4) is 0 Å². The zero-order valence-corrected chi connectivity index (χ0v) is 19.5. The highest BCUT2D eigenvalue weighted by atomic mass is 16.5. The van der Waals surface area contributed by atoms with Gasteiger partial charge in [0.1, 0.15) is 6.10 Å². The summed E-state index contributed by atoms with van der Waals surface area (Å²) in [6.45, 7) is 8.34. The van der Waals surface area contributed by atoms with Crippen LogP contribution < -0.4 is 0 Å². The molecule has 3 saturated carbocycles. The maximum atomic E-state index is 13.3. The molecule has 31 heavy (non-hydrogen) atoms. The van der Waals surface area contributed by atoms with Crippen molar-refractivity contribution >= 4 is 17.7 Å². The molecular weight excluding hydrogens is 392 g/mol. The van der Waals surface area contributed by atoms with E-state index < -0.39 is 5.97 Å². The van der Waals surface area contributed by atoms with E-state index in [4.69, 9.17) is 9.84 Å². The highest BCUT2D eigenvalue weighted by Crippen LogP contribution is 2.65. The van der Waals surface area contributed by atoms with Crippen LogP contribution in [-0.2, 0) is 19.1 Å². The highest BCUT2D eigenvalue weighted by molar-refractivity contribution is 6.00. The first kappa shape index (κ1) is 22.5. The van der Waals surface area contributed by atoms with E-state index in [1.54, 1.807) is 0 Å². The van der Waals surface area contributed by atoms with Crippen molar-refractivity contribution in [2.24, 2.45) is 34.5 Å². The topological polar surface area (TPSA) is 80.7 Å². The summed E-state index contributed by atoms with van der Waals surface area (Å²) in [6, 6.07) is 0. The molecular formula is C26H38O5. The van der Waals surface area contributed by atoms with Gasteiger partial charge in [0.05, 0.1) is 0 Å². The van der Waals surface area contributed by atoms with Crippen LogP contribution in [0.4, 0.5) is 0 Å². The number of hydrogen-bond donors (Lipinski definition) is 1. The van der Waals surface area contributed by atoms with E-state index >= 15 is 0 Å². The first-order valence-electron chi connectivity index (χ1n) is 12.2. The van der Waals surface area contributed by atoms with Crippen molar-refractivity contribution in [1.29, 1.82) is 0 Å². The van der Waals surface area contributed by atoms with Gasteiger partial charge in [-0.15, -0.1) is 0 Å². The minimum atomic E-state index is -0.751.